The summed E-state index contributed by atoms with van der Waals surface area (Å²) in [6.07, 6.45) is -1.21. The Labute approximate surface area is 202 Å². The fraction of sp³-hybridized carbons (Fsp3) is 0.276. The Morgan fingerprint density at radius 1 is 0.971 bits per heavy atom. The quantitative estimate of drug-likeness (QED) is 0.336. The maximum absolute atomic E-state index is 14.0. The highest BCUT2D eigenvalue weighted by atomic mass is 19.4. The Morgan fingerprint density at radius 2 is 1.71 bits per heavy atom. The summed E-state index contributed by atoms with van der Waals surface area (Å²) in [7, 11) is 0. The molecule has 180 valence electrons. The first-order valence-electron chi connectivity index (χ1n) is 12.0. The summed E-state index contributed by atoms with van der Waals surface area (Å²) < 4.78 is 42.1. The van der Waals surface area contributed by atoms with Gasteiger partial charge in [0.1, 0.15) is 0 Å². The fourth-order valence-corrected chi connectivity index (χ4v) is 5.28. The Bertz CT molecular complexity index is 1370. The van der Waals surface area contributed by atoms with E-state index in [9.17, 15) is 18.0 Å². The number of amides is 1. The predicted octanol–water partition coefficient (Wildman–Crippen LogP) is 6.86. The van der Waals surface area contributed by atoms with Crippen LogP contribution >= 0.6 is 0 Å². The lowest BCUT2D eigenvalue weighted by Gasteiger charge is -2.31. The molecule has 5 rings (SSSR count). The Balaban J connectivity index is 1.56. The lowest BCUT2D eigenvalue weighted by molar-refractivity contribution is -0.139. The van der Waals surface area contributed by atoms with Gasteiger partial charge in [0.2, 0.25) is 5.91 Å². The average Bonchev–Trinajstić information content (AvgIpc) is 3.30. The molecule has 1 aromatic heterocycles. The van der Waals surface area contributed by atoms with E-state index in [-0.39, 0.29) is 17.9 Å². The van der Waals surface area contributed by atoms with Gasteiger partial charge in [-0.1, -0.05) is 67.6 Å². The minimum atomic E-state index is -4.51. The third kappa shape index (κ3) is 4.45. The number of aromatic nitrogens is 1. The van der Waals surface area contributed by atoms with Gasteiger partial charge in [0.25, 0.3) is 0 Å². The van der Waals surface area contributed by atoms with E-state index in [2.05, 4.69) is 11.1 Å². The van der Waals surface area contributed by atoms with Crippen molar-refractivity contribution >= 4 is 16.8 Å². The summed E-state index contributed by atoms with van der Waals surface area (Å²) in [5, 5.41) is 0.864. The molecule has 35 heavy (non-hydrogen) atoms. The lowest BCUT2D eigenvalue weighted by Crippen LogP contribution is -2.36. The highest BCUT2D eigenvalue weighted by Crippen LogP contribution is 2.41. The van der Waals surface area contributed by atoms with Gasteiger partial charge in [0.15, 0.2) is 0 Å². The second-order valence-corrected chi connectivity index (χ2v) is 9.11. The molecule has 1 aliphatic rings. The van der Waals surface area contributed by atoms with Crippen LogP contribution in [-0.2, 0) is 30.4 Å². The van der Waals surface area contributed by atoms with Crippen LogP contribution in [0.4, 0.5) is 13.2 Å². The zero-order chi connectivity index (χ0) is 24.6. The molecule has 0 saturated carbocycles. The van der Waals surface area contributed by atoms with Crippen LogP contribution in [0.25, 0.3) is 10.9 Å². The monoisotopic (exact) mass is 476 g/mol. The SMILES string of the molecule is CCc1cccc2c(C(CC(=O)N3CCc4ccccc4C3)c3ccccc3C(F)(F)F)c[nH]c12. The van der Waals surface area contributed by atoms with Gasteiger partial charge in [-0.3, -0.25) is 4.79 Å². The van der Waals surface area contributed by atoms with Crippen LogP contribution in [0.1, 0.15) is 52.6 Å². The highest BCUT2D eigenvalue weighted by Gasteiger charge is 2.37. The number of carbonyl (C=O) groups excluding carboxylic acids is 1. The first-order chi connectivity index (χ1) is 16.9. The van der Waals surface area contributed by atoms with Crippen molar-refractivity contribution in [2.45, 2.75) is 44.8 Å². The first kappa shape index (κ1) is 23.2. The topological polar surface area (TPSA) is 36.1 Å². The number of nitrogens with one attached hydrogen (secondary N) is 1. The zero-order valence-corrected chi connectivity index (χ0v) is 19.5. The van der Waals surface area contributed by atoms with Gasteiger partial charge in [0.05, 0.1) is 5.56 Å². The zero-order valence-electron chi connectivity index (χ0n) is 19.5. The number of halogens is 3. The van der Waals surface area contributed by atoms with E-state index in [0.717, 1.165) is 46.5 Å². The Kier molecular flexibility index (Phi) is 6.13. The largest absolute Gasteiger partial charge is 0.416 e. The van der Waals surface area contributed by atoms with Gasteiger partial charge in [-0.25, -0.2) is 0 Å². The number of nitrogens with zero attached hydrogens (tertiary/aromatic N) is 1. The molecule has 1 N–H and O–H groups in total. The van der Waals surface area contributed by atoms with Crippen molar-refractivity contribution in [3.05, 3.63) is 106 Å². The third-order valence-electron chi connectivity index (χ3n) is 7.09. The number of aromatic amines is 1. The van der Waals surface area contributed by atoms with Crippen LogP contribution in [0.5, 0.6) is 0 Å². The van der Waals surface area contributed by atoms with Crippen molar-refractivity contribution < 1.29 is 18.0 Å². The number of H-pyrrole nitrogens is 1. The molecule has 4 aromatic rings. The summed E-state index contributed by atoms with van der Waals surface area (Å²) in [4.78, 5) is 18.6. The van der Waals surface area contributed by atoms with Crippen molar-refractivity contribution in [1.82, 2.24) is 9.88 Å². The van der Waals surface area contributed by atoms with E-state index >= 15 is 0 Å². The van der Waals surface area contributed by atoms with Crippen LogP contribution in [0.2, 0.25) is 0 Å². The second kappa shape index (κ2) is 9.25. The van der Waals surface area contributed by atoms with E-state index in [4.69, 9.17) is 0 Å². The normalized spacial score (nSPS) is 14.7. The molecule has 2 heterocycles. The molecule has 0 fully saturated rings. The minimum absolute atomic E-state index is 0.0292. The summed E-state index contributed by atoms with van der Waals surface area (Å²) in [5.74, 6) is -0.860. The summed E-state index contributed by atoms with van der Waals surface area (Å²) in [5.41, 5.74) is 4.49. The van der Waals surface area contributed by atoms with Crippen molar-refractivity contribution in [2.24, 2.45) is 0 Å². The maximum Gasteiger partial charge on any atom is 0.416 e. The number of hydrogen-bond acceptors (Lipinski definition) is 1. The van der Waals surface area contributed by atoms with Crippen molar-refractivity contribution in [3.8, 4) is 0 Å². The van der Waals surface area contributed by atoms with Crippen molar-refractivity contribution in [1.29, 1.82) is 0 Å². The molecule has 0 radical (unpaired) electrons. The molecule has 0 bridgehead atoms. The molecule has 0 spiro atoms. The van der Waals surface area contributed by atoms with Gasteiger partial charge >= 0.3 is 6.18 Å². The highest BCUT2D eigenvalue weighted by molar-refractivity contribution is 5.88. The summed E-state index contributed by atoms with van der Waals surface area (Å²) in [6, 6.07) is 19.5. The second-order valence-electron chi connectivity index (χ2n) is 9.11. The number of para-hydroxylation sites is 1. The predicted molar refractivity (Wildman–Crippen MR) is 131 cm³/mol. The average molecular weight is 477 g/mol. The number of aryl methyl sites for hydroxylation is 1. The van der Waals surface area contributed by atoms with Gasteiger partial charge in [0, 0.05) is 42.5 Å². The van der Waals surface area contributed by atoms with Crippen molar-refractivity contribution in [3.63, 3.8) is 0 Å². The molecule has 3 nitrogen and oxygen atoms in total. The molecule has 3 aromatic carbocycles. The maximum atomic E-state index is 14.0. The van der Waals surface area contributed by atoms with E-state index in [1.807, 2.05) is 43.3 Å². The standard InChI is InChI=1S/C29H27F3N2O/c1-2-19-10-7-12-23-25(17-33-28(19)23)24(22-11-5-6-13-26(22)29(30,31)32)16-27(35)34-15-14-20-8-3-4-9-21(20)18-34/h3-13,17,24,33H,2,14-16,18H2,1H3. The first-order valence-corrected chi connectivity index (χ1v) is 12.0. The van der Waals surface area contributed by atoms with Crippen LogP contribution in [0, 0.1) is 0 Å². The van der Waals surface area contributed by atoms with E-state index in [1.54, 1.807) is 17.2 Å². The smallest absolute Gasteiger partial charge is 0.361 e. The molecule has 0 aliphatic carbocycles. The minimum Gasteiger partial charge on any atom is -0.361 e. The lowest BCUT2D eigenvalue weighted by atomic mass is 9.84. The van der Waals surface area contributed by atoms with E-state index in [1.165, 1.54) is 17.7 Å². The van der Waals surface area contributed by atoms with Gasteiger partial charge in [-0.05, 0) is 46.7 Å². The van der Waals surface area contributed by atoms with Crippen LogP contribution in [0.3, 0.4) is 0 Å². The molecule has 0 saturated heterocycles. The van der Waals surface area contributed by atoms with Crippen molar-refractivity contribution in [2.75, 3.05) is 6.54 Å². The summed E-state index contributed by atoms with van der Waals surface area (Å²) >= 11 is 0. The fourth-order valence-electron chi connectivity index (χ4n) is 5.28. The number of benzene rings is 3. The Morgan fingerprint density at radius 3 is 2.49 bits per heavy atom. The molecule has 1 unspecified atom stereocenters. The molecule has 1 amide bonds. The molecular formula is C29H27F3N2O. The van der Waals surface area contributed by atoms with Gasteiger partial charge in [-0.2, -0.15) is 13.2 Å². The molecule has 1 atom stereocenters. The van der Waals surface area contributed by atoms with E-state index < -0.39 is 17.7 Å². The van der Waals surface area contributed by atoms with Crippen LogP contribution < -0.4 is 0 Å². The van der Waals surface area contributed by atoms with Crippen LogP contribution in [-0.4, -0.2) is 22.3 Å². The van der Waals surface area contributed by atoms with Gasteiger partial charge in [-0.15, -0.1) is 0 Å². The molecular weight excluding hydrogens is 449 g/mol. The molecule has 6 heteroatoms. The number of fused-ring (bicyclic) bond motifs is 2. The molecule has 1 aliphatic heterocycles. The summed E-state index contributed by atoms with van der Waals surface area (Å²) in [6.45, 7) is 3.09. The number of alkyl halides is 3. The number of rotatable bonds is 5. The third-order valence-corrected chi connectivity index (χ3v) is 7.09. The number of carbonyl (C=O) groups is 1. The van der Waals surface area contributed by atoms with E-state index in [0.29, 0.717) is 13.1 Å². The Hall–Kier alpha value is -3.54. The van der Waals surface area contributed by atoms with Gasteiger partial charge < -0.3 is 9.88 Å². The van der Waals surface area contributed by atoms with Crippen LogP contribution in [0.15, 0.2) is 72.9 Å². The number of hydrogen-bond donors (Lipinski definition) is 1.